The van der Waals surface area contributed by atoms with Crippen LogP contribution in [-0.4, -0.2) is 82.5 Å². The number of methoxy groups -OCH3 is 1. The van der Waals surface area contributed by atoms with Crippen LogP contribution in [0.5, 0.6) is 11.6 Å². The van der Waals surface area contributed by atoms with Crippen molar-refractivity contribution < 1.29 is 28.5 Å². The molecule has 5 rings (SSSR count). The molecule has 4 aromatic rings. The number of aromatic nitrogens is 1. The number of carbonyl (C=O) groups excluding carboxylic acids is 1. The largest absolute Gasteiger partial charge is 0.511 e. The van der Waals surface area contributed by atoms with E-state index in [1.807, 2.05) is 35.6 Å². The van der Waals surface area contributed by atoms with Gasteiger partial charge in [-0.1, -0.05) is 6.07 Å². The first-order valence-corrected chi connectivity index (χ1v) is 14.5. The molecule has 1 aliphatic rings. The maximum absolute atomic E-state index is 11.5. The van der Waals surface area contributed by atoms with Crippen LogP contribution in [0, 0.1) is 0 Å². The van der Waals surface area contributed by atoms with Gasteiger partial charge in [0.2, 0.25) is 12.7 Å². The number of hydrogen-bond donors (Lipinski definition) is 0. The molecule has 212 valence electrons. The van der Waals surface area contributed by atoms with Crippen LogP contribution in [0.2, 0.25) is 0 Å². The van der Waals surface area contributed by atoms with Crippen molar-refractivity contribution in [1.29, 1.82) is 0 Å². The number of anilines is 1. The average molecular weight is 566 g/mol. The lowest BCUT2D eigenvalue weighted by atomic mass is 10.2. The number of pyridine rings is 1. The second kappa shape index (κ2) is 14.2. The summed E-state index contributed by atoms with van der Waals surface area (Å²) in [5.74, 6) is 1.12. The lowest BCUT2D eigenvalue weighted by molar-refractivity contribution is -0.00525. The van der Waals surface area contributed by atoms with Gasteiger partial charge in [-0.3, -0.25) is 4.90 Å². The first-order valence-electron chi connectivity index (χ1n) is 13.6. The Balaban J connectivity index is 1.00. The van der Waals surface area contributed by atoms with Crippen molar-refractivity contribution in [2.45, 2.75) is 12.8 Å². The standard InChI is InChI=1S/C30H35N3O6S/c1-35-18-19-37-30(34)39-22-38-29-10-8-23-7-9-24(21-26(23)31-29)36-17-3-2-12-32-13-15-33(16-14-32)27-5-4-6-28-25(27)11-20-40-28/h4-11,20-21H,2-3,12-19,22H2,1H3. The molecule has 0 unspecified atom stereocenters. The molecule has 0 aliphatic carbocycles. The smallest absolute Gasteiger partial charge is 0.494 e. The van der Waals surface area contributed by atoms with Crippen LogP contribution in [-0.2, 0) is 14.2 Å². The highest BCUT2D eigenvalue weighted by Gasteiger charge is 2.18. The summed E-state index contributed by atoms with van der Waals surface area (Å²) >= 11 is 1.81. The van der Waals surface area contributed by atoms with Gasteiger partial charge in [0, 0.05) is 66.6 Å². The van der Waals surface area contributed by atoms with E-state index in [1.54, 1.807) is 6.07 Å². The van der Waals surface area contributed by atoms with Crippen molar-refractivity contribution in [2.24, 2.45) is 0 Å². The first-order chi connectivity index (χ1) is 19.7. The normalized spacial score (nSPS) is 14.0. The van der Waals surface area contributed by atoms with Crippen LogP contribution in [0.1, 0.15) is 12.8 Å². The zero-order valence-corrected chi connectivity index (χ0v) is 23.6. The van der Waals surface area contributed by atoms with Gasteiger partial charge in [-0.05, 0) is 61.2 Å². The number of ether oxygens (including phenoxy) is 5. The molecule has 1 saturated heterocycles. The number of hydrogen-bond acceptors (Lipinski definition) is 10. The van der Waals surface area contributed by atoms with E-state index in [1.165, 1.54) is 22.9 Å². The highest BCUT2D eigenvalue weighted by Crippen LogP contribution is 2.31. The van der Waals surface area contributed by atoms with Crippen LogP contribution in [0.3, 0.4) is 0 Å². The molecule has 0 atom stereocenters. The Kier molecular flexibility index (Phi) is 9.89. The molecule has 3 heterocycles. The fourth-order valence-corrected chi connectivity index (χ4v) is 5.54. The van der Waals surface area contributed by atoms with Gasteiger partial charge in [0.05, 0.1) is 18.7 Å². The Bertz CT molecular complexity index is 1390. The van der Waals surface area contributed by atoms with E-state index in [0.717, 1.165) is 62.2 Å². The molecule has 2 aromatic carbocycles. The highest BCUT2D eigenvalue weighted by molar-refractivity contribution is 7.17. The van der Waals surface area contributed by atoms with Crippen molar-refractivity contribution in [3.05, 3.63) is 60.0 Å². The molecule has 0 radical (unpaired) electrons. The van der Waals surface area contributed by atoms with Gasteiger partial charge in [0.25, 0.3) is 0 Å². The van der Waals surface area contributed by atoms with E-state index < -0.39 is 6.16 Å². The van der Waals surface area contributed by atoms with Crippen LogP contribution >= 0.6 is 11.3 Å². The quantitative estimate of drug-likeness (QED) is 0.117. The van der Waals surface area contributed by atoms with Crippen molar-refractivity contribution in [3.8, 4) is 11.6 Å². The second-order valence-corrected chi connectivity index (χ2v) is 10.4. The second-order valence-electron chi connectivity index (χ2n) is 9.50. The minimum absolute atomic E-state index is 0.122. The van der Waals surface area contributed by atoms with Crippen LogP contribution in [0.15, 0.2) is 60.0 Å². The minimum atomic E-state index is -0.817. The third-order valence-corrected chi connectivity index (χ3v) is 7.73. The molecule has 0 saturated carbocycles. The maximum Gasteiger partial charge on any atom is 0.511 e. The molecular formula is C30H35N3O6S. The lowest BCUT2D eigenvalue weighted by Crippen LogP contribution is -2.46. The molecule has 9 nitrogen and oxygen atoms in total. The lowest BCUT2D eigenvalue weighted by Gasteiger charge is -2.36. The van der Waals surface area contributed by atoms with Gasteiger partial charge in [-0.15, -0.1) is 11.3 Å². The zero-order valence-electron chi connectivity index (χ0n) is 22.8. The summed E-state index contributed by atoms with van der Waals surface area (Å²) in [5, 5.41) is 4.52. The number of nitrogens with zero attached hydrogens (tertiary/aromatic N) is 3. The van der Waals surface area contributed by atoms with Crippen LogP contribution < -0.4 is 14.4 Å². The zero-order chi connectivity index (χ0) is 27.6. The molecule has 1 aliphatic heterocycles. The molecular weight excluding hydrogens is 530 g/mol. The maximum atomic E-state index is 11.5. The Hall–Kier alpha value is -3.60. The van der Waals surface area contributed by atoms with Gasteiger partial charge in [0.1, 0.15) is 12.4 Å². The molecule has 0 spiro atoms. The van der Waals surface area contributed by atoms with Gasteiger partial charge < -0.3 is 28.6 Å². The molecule has 0 N–H and O–H groups in total. The number of piperazine rings is 1. The molecule has 40 heavy (non-hydrogen) atoms. The summed E-state index contributed by atoms with van der Waals surface area (Å²) in [4.78, 5) is 21.0. The summed E-state index contributed by atoms with van der Waals surface area (Å²) in [5.41, 5.74) is 2.11. The Morgan fingerprint density at radius 2 is 1.80 bits per heavy atom. The van der Waals surface area contributed by atoms with E-state index >= 15 is 0 Å². The number of thiophene rings is 1. The van der Waals surface area contributed by atoms with Gasteiger partial charge >= 0.3 is 6.16 Å². The summed E-state index contributed by atoms with van der Waals surface area (Å²) in [6.07, 6.45) is 1.27. The highest BCUT2D eigenvalue weighted by atomic mass is 32.1. The SMILES string of the molecule is COCCOC(=O)OCOc1ccc2ccc(OCCCCN3CCN(c4cccc5sccc45)CC3)cc2n1. The molecule has 10 heteroatoms. The van der Waals surface area contributed by atoms with Crippen molar-refractivity contribution >= 4 is 44.2 Å². The van der Waals surface area contributed by atoms with Crippen molar-refractivity contribution in [1.82, 2.24) is 9.88 Å². The molecule has 0 amide bonds. The fourth-order valence-electron chi connectivity index (χ4n) is 4.73. The Labute approximate surface area is 238 Å². The number of rotatable bonds is 13. The third kappa shape index (κ3) is 7.53. The van der Waals surface area contributed by atoms with Gasteiger partial charge in [0.15, 0.2) is 0 Å². The van der Waals surface area contributed by atoms with E-state index in [9.17, 15) is 4.79 Å². The summed E-state index contributed by atoms with van der Waals surface area (Å²) < 4.78 is 27.3. The van der Waals surface area contributed by atoms with Gasteiger partial charge in [-0.2, -0.15) is 0 Å². The predicted octanol–water partition coefficient (Wildman–Crippen LogP) is 5.57. The first kappa shape index (κ1) is 27.9. The Morgan fingerprint density at radius 3 is 2.67 bits per heavy atom. The van der Waals surface area contributed by atoms with E-state index in [-0.39, 0.29) is 13.4 Å². The van der Waals surface area contributed by atoms with Crippen molar-refractivity contribution in [2.75, 3.05) is 71.3 Å². The van der Waals surface area contributed by atoms with Gasteiger partial charge in [-0.25, -0.2) is 9.78 Å². The topological polar surface area (TPSA) is 82.6 Å². The molecule has 0 bridgehead atoms. The molecule has 1 fully saturated rings. The Morgan fingerprint density at radius 1 is 0.925 bits per heavy atom. The van der Waals surface area contributed by atoms with E-state index in [4.69, 9.17) is 23.7 Å². The monoisotopic (exact) mass is 565 g/mol. The minimum Gasteiger partial charge on any atom is -0.494 e. The predicted molar refractivity (Wildman–Crippen MR) is 157 cm³/mol. The van der Waals surface area contributed by atoms with Crippen LogP contribution in [0.4, 0.5) is 10.5 Å². The molecule has 2 aromatic heterocycles. The van der Waals surface area contributed by atoms with E-state index in [2.05, 4.69) is 44.4 Å². The summed E-state index contributed by atoms with van der Waals surface area (Å²) in [7, 11) is 1.52. The third-order valence-electron chi connectivity index (χ3n) is 6.85. The summed E-state index contributed by atoms with van der Waals surface area (Å²) in [6.45, 7) is 6.17. The van der Waals surface area contributed by atoms with E-state index in [0.29, 0.717) is 19.1 Å². The number of unbranched alkanes of at least 4 members (excludes halogenated alkanes) is 1. The summed E-state index contributed by atoms with van der Waals surface area (Å²) in [6, 6.07) is 18.3. The number of fused-ring (bicyclic) bond motifs is 2. The van der Waals surface area contributed by atoms with Crippen LogP contribution in [0.25, 0.3) is 21.0 Å². The number of carbonyl (C=O) groups is 1. The average Bonchev–Trinajstić information content (AvgIpc) is 3.47. The number of benzene rings is 2. The fraction of sp³-hybridized carbons (Fsp3) is 0.400. The van der Waals surface area contributed by atoms with Crippen molar-refractivity contribution in [3.63, 3.8) is 0 Å².